The Morgan fingerprint density at radius 1 is 1.12 bits per heavy atom. The minimum absolute atomic E-state index is 0.250. The number of fused-ring (bicyclic) bond motifs is 4. The standard InChI is InChI=1S/C20H22N4OS/c21-19-24-20(7-8-26-19)15-3-1-2-4-17(15)25-18-6-5-13(9-16(18)20)14-10-22-12-23-11-14/h5-6,9-12,15,17H,1-4,7-8H2,(H2,21,24). The van der Waals surface area contributed by atoms with E-state index in [1.807, 2.05) is 12.4 Å². The maximum absolute atomic E-state index is 6.44. The van der Waals surface area contributed by atoms with Gasteiger partial charge in [-0.2, -0.15) is 0 Å². The molecule has 1 fully saturated rings. The summed E-state index contributed by atoms with van der Waals surface area (Å²) in [5.74, 6) is 2.39. The van der Waals surface area contributed by atoms with E-state index in [9.17, 15) is 0 Å². The van der Waals surface area contributed by atoms with E-state index in [0.717, 1.165) is 41.9 Å². The Hall–Kier alpha value is -2.08. The molecule has 3 atom stereocenters. The number of thioether (sulfide) groups is 1. The van der Waals surface area contributed by atoms with Crippen molar-refractivity contribution < 1.29 is 4.74 Å². The molecule has 1 aromatic heterocycles. The van der Waals surface area contributed by atoms with Crippen LogP contribution in [0.15, 0.2) is 41.9 Å². The molecular formula is C20H22N4OS. The molecule has 26 heavy (non-hydrogen) atoms. The first-order valence-corrected chi connectivity index (χ1v) is 10.3. The van der Waals surface area contributed by atoms with E-state index in [2.05, 4.69) is 28.2 Å². The summed E-state index contributed by atoms with van der Waals surface area (Å²) in [6.45, 7) is 0. The molecule has 1 saturated carbocycles. The van der Waals surface area contributed by atoms with Gasteiger partial charge in [0, 0.05) is 35.2 Å². The Labute approximate surface area is 157 Å². The van der Waals surface area contributed by atoms with Gasteiger partial charge in [-0.3, -0.25) is 4.99 Å². The number of aromatic nitrogens is 2. The normalized spacial score (nSPS) is 30.1. The van der Waals surface area contributed by atoms with E-state index in [1.54, 1.807) is 18.1 Å². The van der Waals surface area contributed by atoms with Crippen LogP contribution in [0.5, 0.6) is 5.75 Å². The highest BCUT2D eigenvalue weighted by atomic mass is 32.2. The molecule has 0 saturated heterocycles. The van der Waals surface area contributed by atoms with Gasteiger partial charge in [0.2, 0.25) is 0 Å². The highest BCUT2D eigenvalue weighted by molar-refractivity contribution is 8.13. The number of hydrogen-bond donors (Lipinski definition) is 1. The summed E-state index contributed by atoms with van der Waals surface area (Å²) >= 11 is 1.67. The van der Waals surface area contributed by atoms with E-state index in [-0.39, 0.29) is 11.6 Å². The highest BCUT2D eigenvalue weighted by Gasteiger charge is 2.51. The molecule has 1 spiro atoms. The maximum Gasteiger partial charge on any atom is 0.154 e. The number of hydrogen-bond acceptors (Lipinski definition) is 6. The van der Waals surface area contributed by atoms with Crippen molar-refractivity contribution in [3.8, 4) is 16.9 Å². The van der Waals surface area contributed by atoms with Crippen LogP contribution in [0.2, 0.25) is 0 Å². The SMILES string of the molecule is NC1=NC2(CCS1)c1cc(-c3cncnc3)ccc1OC1CCCCC12. The van der Waals surface area contributed by atoms with Crippen LogP contribution in [0, 0.1) is 5.92 Å². The van der Waals surface area contributed by atoms with Crippen molar-refractivity contribution in [1.29, 1.82) is 0 Å². The van der Waals surface area contributed by atoms with Crippen LogP contribution in [-0.4, -0.2) is 27.0 Å². The van der Waals surface area contributed by atoms with Crippen molar-refractivity contribution in [2.24, 2.45) is 16.6 Å². The van der Waals surface area contributed by atoms with Crippen LogP contribution in [0.4, 0.5) is 0 Å². The fourth-order valence-corrected chi connectivity index (χ4v) is 5.65. The molecule has 1 aliphatic carbocycles. The lowest BCUT2D eigenvalue weighted by atomic mass is 9.66. The van der Waals surface area contributed by atoms with Crippen LogP contribution >= 0.6 is 11.8 Å². The van der Waals surface area contributed by atoms with Gasteiger partial charge >= 0.3 is 0 Å². The molecule has 1 aromatic carbocycles. The van der Waals surface area contributed by atoms with E-state index >= 15 is 0 Å². The van der Waals surface area contributed by atoms with Crippen LogP contribution in [-0.2, 0) is 5.54 Å². The second kappa shape index (κ2) is 6.27. The van der Waals surface area contributed by atoms with Crippen molar-refractivity contribution in [1.82, 2.24) is 9.97 Å². The fraction of sp³-hybridized carbons (Fsp3) is 0.450. The van der Waals surface area contributed by atoms with E-state index < -0.39 is 0 Å². The van der Waals surface area contributed by atoms with Gasteiger partial charge in [0.1, 0.15) is 18.2 Å². The summed E-state index contributed by atoms with van der Waals surface area (Å²) in [6.07, 6.45) is 11.3. The summed E-state index contributed by atoms with van der Waals surface area (Å²) in [5, 5.41) is 0.710. The third-order valence-electron chi connectivity index (χ3n) is 5.98. The van der Waals surface area contributed by atoms with Crippen molar-refractivity contribution in [3.63, 3.8) is 0 Å². The Kier molecular flexibility index (Phi) is 3.89. The first-order valence-electron chi connectivity index (χ1n) is 9.31. The van der Waals surface area contributed by atoms with Crippen LogP contribution in [0.3, 0.4) is 0 Å². The molecule has 3 unspecified atom stereocenters. The summed E-state index contributed by atoms with van der Waals surface area (Å²) in [5.41, 5.74) is 9.27. The van der Waals surface area contributed by atoms with Gasteiger partial charge in [0.25, 0.3) is 0 Å². The monoisotopic (exact) mass is 366 g/mol. The molecule has 3 aliphatic rings. The molecule has 134 valence electrons. The van der Waals surface area contributed by atoms with Gasteiger partial charge in [-0.05, 0) is 43.4 Å². The number of aliphatic imine (C=N–C) groups is 1. The maximum atomic E-state index is 6.44. The zero-order valence-electron chi connectivity index (χ0n) is 14.6. The van der Waals surface area contributed by atoms with Gasteiger partial charge in [0.05, 0.1) is 5.54 Å². The van der Waals surface area contributed by atoms with Crippen LogP contribution < -0.4 is 10.5 Å². The number of rotatable bonds is 1. The van der Waals surface area contributed by atoms with E-state index in [1.165, 1.54) is 18.4 Å². The second-order valence-corrected chi connectivity index (χ2v) is 8.47. The highest BCUT2D eigenvalue weighted by Crippen LogP contribution is 2.54. The summed E-state index contributed by atoms with van der Waals surface area (Å²) in [4.78, 5) is 13.4. The Balaban J connectivity index is 1.69. The molecule has 5 rings (SSSR count). The fourth-order valence-electron chi connectivity index (χ4n) is 4.81. The van der Waals surface area contributed by atoms with Crippen molar-refractivity contribution in [2.75, 3.05) is 5.75 Å². The molecule has 0 radical (unpaired) electrons. The van der Waals surface area contributed by atoms with Crippen molar-refractivity contribution >= 4 is 16.9 Å². The van der Waals surface area contributed by atoms with Gasteiger partial charge in [0.15, 0.2) is 5.17 Å². The molecule has 0 amide bonds. The molecule has 6 heteroatoms. The smallest absolute Gasteiger partial charge is 0.154 e. The lowest BCUT2D eigenvalue weighted by Gasteiger charge is -2.50. The Morgan fingerprint density at radius 2 is 1.96 bits per heavy atom. The topological polar surface area (TPSA) is 73.4 Å². The number of benzene rings is 1. The van der Waals surface area contributed by atoms with Gasteiger partial charge in [-0.15, -0.1) is 0 Å². The Morgan fingerprint density at radius 3 is 2.81 bits per heavy atom. The lowest BCUT2D eigenvalue weighted by Crippen LogP contribution is -2.50. The second-order valence-electron chi connectivity index (χ2n) is 7.36. The first kappa shape index (κ1) is 16.1. The molecule has 2 aliphatic heterocycles. The average molecular weight is 366 g/mol. The zero-order valence-corrected chi connectivity index (χ0v) is 15.4. The summed E-state index contributed by atoms with van der Waals surface area (Å²) < 4.78 is 6.44. The number of nitrogens with zero attached hydrogens (tertiary/aromatic N) is 3. The average Bonchev–Trinajstić information content (AvgIpc) is 2.69. The summed E-state index contributed by atoms with van der Waals surface area (Å²) in [6, 6.07) is 6.42. The molecule has 5 nitrogen and oxygen atoms in total. The first-order chi connectivity index (χ1) is 12.8. The largest absolute Gasteiger partial charge is 0.490 e. The molecular weight excluding hydrogens is 344 g/mol. The molecule has 2 aromatic rings. The summed E-state index contributed by atoms with van der Waals surface area (Å²) in [7, 11) is 0. The number of nitrogens with two attached hydrogens (primary N) is 1. The third kappa shape index (κ3) is 2.50. The van der Waals surface area contributed by atoms with Crippen LogP contribution in [0.1, 0.15) is 37.7 Å². The molecule has 0 bridgehead atoms. The molecule has 2 N–H and O–H groups in total. The third-order valence-corrected chi connectivity index (χ3v) is 6.77. The van der Waals surface area contributed by atoms with Gasteiger partial charge in [-0.1, -0.05) is 24.2 Å². The predicted octanol–water partition coefficient (Wildman–Crippen LogP) is 3.74. The van der Waals surface area contributed by atoms with Gasteiger partial charge in [-0.25, -0.2) is 9.97 Å². The molecule has 3 heterocycles. The minimum atomic E-state index is -0.250. The number of ether oxygens (including phenoxy) is 1. The van der Waals surface area contributed by atoms with E-state index in [4.69, 9.17) is 15.5 Å². The zero-order chi connectivity index (χ0) is 17.6. The Bertz CT molecular complexity index is 856. The van der Waals surface area contributed by atoms with E-state index in [0.29, 0.717) is 11.1 Å². The van der Waals surface area contributed by atoms with Crippen molar-refractivity contribution in [3.05, 3.63) is 42.5 Å². The number of amidine groups is 1. The quantitative estimate of drug-likeness (QED) is 0.832. The van der Waals surface area contributed by atoms with Gasteiger partial charge < -0.3 is 10.5 Å². The van der Waals surface area contributed by atoms with Crippen molar-refractivity contribution in [2.45, 2.75) is 43.7 Å². The van der Waals surface area contributed by atoms with Crippen LogP contribution in [0.25, 0.3) is 11.1 Å². The minimum Gasteiger partial charge on any atom is -0.490 e. The lowest BCUT2D eigenvalue weighted by molar-refractivity contribution is 0.0158. The predicted molar refractivity (Wildman–Crippen MR) is 104 cm³/mol.